The van der Waals surface area contributed by atoms with Crippen molar-refractivity contribution in [2.45, 2.75) is 13.8 Å². The second-order valence-electron chi connectivity index (χ2n) is 5.73. The third-order valence-corrected chi connectivity index (χ3v) is 4.09. The van der Waals surface area contributed by atoms with Crippen molar-refractivity contribution in [3.8, 4) is 0 Å². The summed E-state index contributed by atoms with van der Waals surface area (Å²) in [6, 6.07) is 15.2. The van der Waals surface area contributed by atoms with Crippen LogP contribution in [0.15, 0.2) is 53.6 Å². The van der Waals surface area contributed by atoms with E-state index in [4.69, 9.17) is 0 Å². The number of hydrogen-bond donors (Lipinski definition) is 2. The third-order valence-electron chi connectivity index (χ3n) is 4.09. The van der Waals surface area contributed by atoms with Crippen molar-refractivity contribution in [3.63, 3.8) is 0 Å². The van der Waals surface area contributed by atoms with Crippen LogP contribution in [0.1, 0.15) is 18.1 Å². The van der Waals surface area contributed by atoms with Crippen LogP contribution in [0.3, 0.4) is 0 Å². The van der Waals surface area contributed by atoms with Gasteiger partial charge in [0.1, 0.15) is 0 Å². The largest absolute Gasteiger partial charge is 0.376 e. The number of nitrogens with zero attached hydrogens (tertiary/aromatic N) is 2. The number of benzene rings is 2. The molecule has 0 atom stereocenters. The Morgan fingerprint density at radius 1 is 1.12 bits per heavy atom. The summed E-state index contributed by atoms with van der Waals surface area (Å²) in [5.41, 5.74) is 6.24. The van der Waals surface area contributed by atoms with Crippen molar-refractivity contribution in [2.75, 3.05) is 23.3 Å². The summed E-state index contributed by atoms with van der Waals surface area (Å²) in [6.07, 6.45) is 0. The minimum absolute atomic E-state index is 0.0783. The highest BCUT2D eigenvalue weighted by molar-refractivity contribution is 6.54. The third kappa shape index (κ3) is 3.38. The van der Waals surface area contributed by atoms with E-state index in [-0.39, 0.29) is 24.1 Å². The summed E-state index contributed by atoms with van der Waals surface area (Å²) < 4.78 is 0. The molecular weight excluding hydrogens is 316 g/mol. The number of nitrogens with one attached hydrogen (secondary N) is 2. The van der Waals surface area contributed by atoms with E-state index in [0.717, 1.165) is 22.5 Å². The fourth-order valence-electron chi connectivity index (χ4n) is 2.79. The Labute approximate surface area is 146 Å². The summed E-state index contributed by atoms with van der Waals surface area (Å²) in [4.78, 5) is 26.2. The molecule has 2 aromatic rings. The van der Waals surface area contributed by atoms with Gasteiger partial charge in [-0.2, -0.15) is 5.10 Å². The Hall–Kier alpha value is -3.15. The smallest absolute Gasteiger partial charge is 0.279 e. The van der Waals surface area contributed by atoms with Gasteiger partial charge in [-0.05, 0) is 31.5 Å². The van der Waals surface area contributed by atoms with Crippen LogP contribution in [-0.2, 0) is 9.59 Å². The van der Waals surface area contributed by atoms with Gasteiger partial charge in [-0.1, -0.05) is 36.4 Å². The fourth-order valence-corrected chi connectivity index (χ4v) is 2.79. The number of aryl methyl sites for hydroxylation is 1. The monoisotopic (exact) mass is 336 g/mol. The molecule has 0 saturated carbocycles. The highest BCUT2D eigenvalue weighted by Crippen LogP contribution is 2.28. The number of para-hydroxylation sites is 2. The molecule has 1 heterocycles. The minimum Gasteiger partial charge on any atom is -0.376 e. The predicted octanol–water partition coefficient (Wildman–Crippen LogP) is 2.29. The second kappa shape index (κ2) is 7.17. The standard InChI is InChI=1S/C19H20N4O2/c1-3-23-16-11-7-5-9-14(16)18(19(23)25)22-21-17(24)12-20-15-10-6-4-8-13(15)2/h4-11,20H,3,12H2,1-2H3,(H,21,24)/b22-18+. The lowest BCUT2D eigenvalue weighted by Gasteiger charge is -2.12. The van der Waals surface area contributed by atoms with E-state index in [1.54, 1.807) is 4.90 Å². The highest BCUT2D eigenvalue weighted by Gasteiger charge is 2.32. The van der Waals surface area contributed by atoms with Gasteiger partial charge in [-0.3, -0.25) is 9.59 Å². The number of amides is 2. The molecule has 0 radical (unpaired) electrons. The SMILES string of the molecule is CCN1C(=O)/C(=N/NC(=O)CNc2ccccc2C)c2ccccc21. The van der Waals surface area contributed by atoms with Crippen LogP contribution in [0.5, 0.6) is 0 Å². The van der Waals surface area contributed by atoms with E-state index in [2.05, 4.69) is 15.8 Å². The van der Waals surface area contributed by atoms with Crippen molar-refractivity contribution in [2.24, 2.45) is 5.10 Å². The van der Waals surface area contributed by atoms with Crippen molar-refractivity contribution < 1.29 is 9.59 Å². The van der Waals surface area contributed by atoms with Crippen LogP contribution in [-0.4, -0.2) is 30.6 Å². The molecule has 1 aliphatic heterocycles. The van der Waals surface area contributed by atoms with Crippen molar-refractivity contribution in [1.29, 1.82) is 0 Å². The topological polar surface area (TPSA) is 73.8 Å². The Balaban J connectivity index is 1.68. The maximum atomic E-state index is 12.5. The number of anilines is 2. The van der Waals surface area contributed by atoms with Gasteiger partial charge in [0, 0.05) is 17.8 Å². The van der Waals surface area contributed by atoms with Gasteiger partial charge in [0.2, 0.25) is 0 Å². The summed E-state index contributed by atoms with van der Waals surface area (Å²) >= 11 is 0. The van der Waals surface area contributed by atoms with Crippen LogP contribution in [0, 0.1) is 6.92 Å². The van der Waals surface area contributed by atoms with Gasteiger partial charge in [0.15, 0.2) is 5.71 Å². The zero-order valence-electron chi connectivity index (χ0n) is 14.2. The van der Waals surface area contributed by atoms with Gasteiger partial charge in [0.25, 0.3) is 11.8 Å². The molecule has 6 nitrogen and oxygen atoms in total. The van der Waals surface area contributed by atoms with Gasteiger partial charge < -0.3 is 10.2 Å². The molecule has 2 N–H and O–H groups in total. The highest BCUT2D eigenvalue weighted by atomic mass is 16.2. The Kier molecular flexibility index (Phi) is 4.79. The van der Waals surface area contributed by atoms with Gasteiger partial charge >= 0.3 is 0 Å². The lowest BCUT2D eigenvalue weighted by atomic mass is 10.1. The summed E-state index contributed by atoms with van der Waals surface area (Å²) in [7, 11) is 0. The van der Waals surface area contributed by atoms with Crippen LogP contribution in [0.4, 0.5) is 11.4 Å². The summed E-state index contributed by atoms with van der Waals surface area (Å²) in [5, 5.41) is 7.13. The molecule has 128 valence electrons. The molecule has 2 amide bonds. The van der Waals surface area contributed by atoms with E-state index in [1.165, 1.54) is 0 Å². The first-order chi connectivity index (χ1) is 12.1. The molecule has 0 aromatic heterocycles. The second-order valence-corrected chi connectivity index (χ2v) is 5.73. The van der Waals surface area contributed by atoms with Crippen LogP contribution >= 0.6 is 0 Å². The number of hydrogen-bond acceptors (Lipinski definition) is 4. The number of hydrazone groups is 1. The average molecular weight is 336 g/mol. The average Bonchev–Trinajstić information content (AvgIpc) is 2.90. The molecule has 6 heteroatoms. The summed E-state index contributed by atoms with van der Waals surface area (Å²) in [5.74, 6) is -0.508. The molecule has 0 fully saturated rings. The molecule has 0 aliphatic carbocycles. The fraction of sp³-hybridized carbons (Fsp3) is 0.211. The number of carbonyl (C=O) groups is 2. The maximum absolute atomic E-state index is 12.5. The molecule has 25 heavy (non-hydrogen) atoms. The lowest BCUT2D eigenvalue weighted by molar-refractivity contribution is -0.119. The van der Waals surface area contributed by atoms with E-state index in [9.17, 15) is 9.59 Å². The summed E-state index contributed by atoms with van der Waals surface area (Å²) in [6.45, 7) is 4.50. The molecule has 1 aliphatic rings. The first-order valence-electron chi connectivity index (χ1n) is 8.19. The number of rotatable bonds is 5. The Bertz CT molecular complexity index is 845. The first-order valence-corrected chi connectivity index (χ1v) is 8.19. The molecule has 2 aromatic carbocycles. The van der Waals surface area contributed by atoms with Crippen molar-refractivity contribution in [1.82, 2.24) is 5.43 Å². The van der Waals surface area contributed by atoms with Gasteiger partial charge in [-0.25, -0.2) is 5.43 Å². The molecule has 0 spiro atoms. The van der Waals surface area contributed by atoms with Gasteiger partial charge in [0.05, 0.1) is 12.2 Å². The van der Waals surface area contributed by atoms with Crippen LogP contribution in [0.2, 0.25) is 0 Å². The van der Waals surface area contributed by atoms with E-state index >= 15 is 0 Å². The zero-order chi connectivity index (χ0) is 17.8. The number of likely N-dealkylation sites (N-methyl/N-ethyl adjacent to an activating group) is 1. The van der Waals surface area contributed by atoms with E-state index < -0.39 is 0 Å². The van der Waals surface area contributed by atoms with E-state index in [0.29, 0.717) is 6.54 Å². The zero-order valence-corrected chi connectivity index (χ0v) is 14.2. The van der Waals surface area contributed by atoms with Crippen molar-refractivity contribution in [3.05, 3.63) is 59.7 Å². The molecule has 0 unspecified atom stereocenters. The maximum Gasteiger partial charge on any atom is 0.279 e. The molecule has 0 bridgehead atoms. The quantitative estimate of drug-likeness (QED) is 0.823. The number of carbonyl (C=O) groups excluding carboxylic acids is 2. The minimum atomic E-state index is -0.309. The first kappa shape index (κ1) is 16.7. The molecule has 3 rings (SSSR count). The van der Waals surface area contributed by atoms with Crippen molar-refractivity contribution >= 4 is 28.9 Å². The van der Waals surface area contributed by atoms with Crippen LogP contribution < -0.4 is 15.6 Å². The molecular formula is C19H20N4O2. The van der Waals surface area contributed by atoms with Gasteiger partial charge in [-0.15, -0.1) is 0 Å². The predicted molar refractivity (Wildman–Crippen MR) is 98.8 cm³/mol. The van der Waals surface area contributed by atoms with Crippen LogP contribution in [0.25, 0.3) is 0 Å². The number of fused-ring (bicyclic) bond motifs is 1. The Morgan fingerprint density at radius 3 is 2.60 bits per heavy atom. The lowest BCUT2D eigenvalue weighted by Crippen LogP contribution is -2.32. The van der Waals surface area contributed by atoms with E-state index in [1.807, 2.05) is 62.4 Å². The Morgan fingerprint density at radius 2 is 1.84 bits per heavy atom. The normalized spacial score (nSPS) is 14.6. The molecule has 0 saturated heterocycles.